The Morgan fingerprint density at radius 3 is 2.81 bits per heavy atom. The lowest BCUT2D eigenvalue weighted by atomic mass is 10.1. The van der Waals surface area contributed by atoms with Crippen LogP contribution in [0.3, 0.4) is 0 Å². The second-order valence-corrected chi connectivity index (χ2v) is 9.85. The standard InChI is InChI=1S/C27H29N5O4S/c1-35-23-12-5-2-8-19(23)17-31(25(33)18-32-22-11-4-3-10-21(22)29-30-32)26(24-13-7-15-37-24)27(34)28-16-20-9-6-14-36-20/h2-5,7-8,10-13,15,20,26H,6,9,14,16-18H2,1H3,(H,28,34). The lowest BCUT2D eigenvalue weighted by molar-refractivity contribution is -0.142. The molecule has 0 spiro atoms. The van der Waals surface area contributed by atoms with Crippen LogP contribution in [-0.2, 0) is 27.4 Å². The van der Waals surface area contributed by atoms with Gasteiger partial charge in [-0.1, -0.05) is 41.6 Å². The van der Waals surface area contributed by atoms with Crippen LogP contribution in [0, 0.1) is 0 Å². The number of methoxy groups -OCH3 is 1. The number of amides is 2. The molecule has 5 rings (SSSR count). The monoisotopic (exact) mass is 519 g/mol. The fourth-order valence-electron chi connectivity index (χ4n) is 4.58. The first kappa shape index (κ1) is 24.9. The molecule has 0 bridgehead atoms. The third-order valence-corrected chi connectivity index (χ3v) is 7.38. The number of hydrogen-bond donors (Lipinski definition) is 1. The van der Waals surface area contributed by atoms with E-state index in [-0.39, 0.29) is 31.0 Å². The molecular formula is C27H29N5O4S. The summed E-state index contributed by atoms with van der Waals surface area (Å²) < 4.78 is 12.8. The van der Waals surface area contributed by atoms with E-state index in [1.165, 1.54) is 11.3 Å². The molecule has 1 saturated heterocycles. The summed E-state index contributed by atoms with van der Waals surface area (Å²) in [5.41, 5.74) is 2.26. The Labute approximate surface area is 219 Å². The Morgan fingerprint density at radius 1 is 1.19 bits per heavy atom. The molecule has 9 nitrogen and oxygen atoms in total. The first-order valence-electron chi connectivity index (χ1n) is 12.3. The van der Waals surface area contributed by atoms with Crippen molar-refractivity contribution in [2.24, 2.45) is 0 Å². The van der Waals surface area contributed by atoms with Crippen LogP contribution in [0.5, 0.6) is 5.75 Å². The minimum Gasteiger partial charge on any atom is -0.496 e. The van der Waals surface area contributed by atoms with E-state index in [9.17, 15) is 9.59 Å². The molecule has 2 aromatic carbocycles. The largest absolute Gasteiger partial charge is 0.496 e. The third-order valence-electron chi connectivity index (χ3n) is 6.46. The van der Waals surface area contributed by atoms with Crippen LogP contribution in [0.15, 0.2) is 66.0 Å². The van der Waals surface area contributed by atoms with Crippen molar-refractivity contribution in [2.45, 2.75) is 38.1 Å². The number of aromatic nitrogens is 3. The highest BCUT2D eigenvalue weighted by Crippen LogP contribution is 2.30. The van der Waals surface area contributed by atoms with Gasteiger partial charge in [0.15, 0.2) is 0 Å². The van der Waals surface area contributed by atoms with Crippen LogP contribution in [0.1, 0.15) is 29.3 Å². The van der Waals surface area contributed by atoms with E-state index >= 15 is 0 Å². The summed E-state index contributed by atoms with van der Waals surface area (Å²) in [7, 11) is 1.59. The number of thiophene rings is 1. The molecule has 2 atom stereocenters. The Hall–Kier alpha value is -3.76. The van der Waals surface area contributed by atoms with E-state index in [2.05, 4.69) is 15.6 Å². The van der Waals surface area contributed by atoms with Crippen molar-refractivity contribution in [3.05, 3.63) is 76.5 Å². The summed E-state index contributed by atoms with van der Waals surface area (Å²) in [6, 6.07) is 17.9. The Morgan fingerprint density at radius 2 is 2.03 bits per heavy atom. The van der Waals surface area contributed by atoms with Gasteiger partial charge in [-0.2, -0.15) is 0 Å². The van der Waals surface area contributed by atoms with Gasteiger partial charge in [0.1, 0.15) is 23.9 Å². The second kappa shape index (κ2) is 11.5. The van der Waals surface area contributed by atoms with Gasteiger partial charge in [0.2, 0.25) is 11.8 Å². The maximum atomic E-state index is 14.0. The summed E-state index contributed by atoms with van der Waals surface area (Å²) in [6.45, 7) is 1.24. The normalized spacial score (nSPS) is 16.0. The zero-order valence-corrected chi connectivity index (χ0v) is 21.4. The van der Waals surface area contributed by atoms with E-state index in [0.717, 1.165) is 28.8 Å². The summed E-state index contributed by atoms with van der Waals surface area (Å²) in [6.07, 6.45) is 1.89. The van der Waals surface area contributed by atoms with E-state index in [0.29, 0.717) is 24.4 Å². The molecule has 10 heteroatoms. The van der Waals surface area contributed by atoms with Crippen LogP contribution in [0.25, 0.3) is 11.0 Å². The van der Waals surface area contributed by atoms with E-state index in [4.69, 9.17) is 9.47 Å². The summed E-state index contributed by atoms with van der Waals surface area (Å²) in [5.74, 6) is 0.146. The molecule has 1 aliphatic rings. The number of rotatable bonds is 10. The average molecular weight is 520 g/mol. The predicted molar refractivity (Wildman–Crippen MR) is 140 cm³/mol. The molecule has 0 radical (unpaired) electrons. The minimum absolute atomic E-state index is 0.00665. The van der Waals surface area contributed by atoms with Gasteiger partial charge in [-0.05, 0) is 42.5 Å². The predicted octanol–water partition coefficient (Wildman–Crippen LogP) is 3.57. The van der Waals surface area contributed by atoms with Gasteiger partial charge >= 0.3 is 0 Å². The van der Waals surface area contributed by atoms with Gasteiger partial charge in [-0.15, -0.1) is 16.4 Å². The lowest BCUT2D eigenvalue weighted by Crippen LogP contribution is -2.45. The molecule has 1 fully saturated rings. The number of nitrogens with one attached hydrogen (secondary N) is 1. The van der Waals surface area contributed by atoms with E-state index < -0.39 is 6.04 Å². The number of ether oxygens (including phenoxy) is 2. The number of carbonyl (C=O) groups is 2. The third kappa shape index (κ3) is 5.65. The topological polar surface area (TPSA) is 98.6 Å². The van der Waals surface area contributed by atoms with Crippen molar-refractivity contribution < 1.29 is 19.1 Å². The first-order valence-corrected chi connectivity index (χ1v) is 13.1. The van der Waals surface area contributed by atoms with E-state index in [1.54, 1.807) is 16.7 Å². The smallest absolute Gasteiger partial charge is 0.248 e. The van der Waals surface area contributed by atoms with Crippen LogP contribution in [-0.4, -0.2) is 58.1 Å². The second-order valence-electron chi connectivity index (χ2n) is 8.87. The molecule has 0 saturated carbocycles. The fourth-order valence-corrected chi connectivity index (χ4v) is 5.42. The van der Waals surface area contributed by atoms with Gasteiger partial charge in [0.25, 0.3) is 0 Å². The molecule has 0 aliphatic carbocycles. The molecule has 37 heavy (non-hydrogen) atoms. The molecule has 2 amide bonds. The van der Waals surface area contributed by atoms with Crippen LogP contribution >= 0.6 is 11.3 Å². The van der Waals surface area contributed by atoms with Crippen LogP contribution < -0.4 is 10.1 Å². The van der Waals surface area contributed by atoms with Gasteiger partial charge in [0.05, 0.1) is 25.3 Å². The molecule has 192 valence electrons. The van der Waals surface area contributed by atoms with E-state index in [1.807, 2.05) is 66.0 Å². The van der Waals surface area contributed by atoms with Crippen molar-refractivity contribution in [1.29, 1.82) is 0 Å². The Balaban J connectivity index is 1.48. The van der Waals surface area contributed by atoms with Crippen molar-refractivity contribution >= 4 is 34.2 Å². The zero-order chi connectivity index (χ0) is 25.6. The highest BCUT2D eigenvalue weighted by Gasteiger charge is 2.34. The molecular weight excluding hydrogens is 490 g/mol. The molecule has 1 N–H and O–H groups in total. The maximum absolute atomic E-state index is 14.0. The number of nitrogens with zero attached hydrogens (tertiary/aromatic N) is 4. The van der Waals surface area contributed by atoms with Gasteiger partial charge < -0.3 is 19.7 Å². The molecule has 1 aliphatic heterocycles. The number of benzene rings is 2. The molecule has 3 heterocycles. The Kier molecular flexibility index (Phi) is 7.76. The highest BCUT2D eigenvalue weighted by molar-refractivity contribution is 7.10. The van der Waals surface area contributed by atoms with Crippen molar-refractivity contribution in [3.8, 4) is 5.75 Å². The summed E-state index contributed by atoms with van der Waals surface area (Å²) in [5, 5.41) is 13.3. The maximum Gasteiger partial charge on any atom is 0.248 e. The van der Waals surface area contributed by atoms with Crippen molar-refractivity contribution in [3.63, 3.8) is 0 Å². The number of fused-ring (bicyclic) bond motifs is 1. The minimum atomic E-state index is -0.825. The Bertz CT molecular complexity index is 1350. The van der Waals surface area contributed by atoms with Crippen LogP contribution in [0.2, 0.25) is 0 Å². The number of hydrogen-bond acceptors (Lipinski definition) is 7. The lowest BCUT2D eigenvalue weighted by Gasteiger charge is -2.31. The number of carbonyl (C=O) groups excluding carboxylic acids is 2. The summed E-state index contributed by atoms with van der Waals surface area (Å²) in [4.78, 5) is 30.0. The highest BCUT2D eigenvalue weighted by atomic mass is 32.1. The zero-order valence-electron chi connectivity index (χ0n) is 20.6. The van der Waals surface area contributed by atoms with Crippen LogP contribution in [0.4, 0.5) is 0 Å². The SMILES string of the molecule is COc1ccccc1CN(C(=O)Cn1nnc2ccccc21)C(C(=O)NCC1CCCO1)c1cccs1. The molecule has 2 unspecified atom stereocenters. The van der Waals surface area contributed by atoms with Crippen molar-refractivity contribution in [1.82, 2.24) is 25.2 Å². The van der Waals surface area contributed by atoms with Gasteiger partial charge in [0, 0.05) is 23.6 Å². The quantitative estimate of drug-likeness (QED) is 0.344. The summed E-state index contributed by atoms with van der Waals surface area (Å²) >= 11 is 1.44. The number of para-hydroxylation sites is 2. The molecule has 4 aromatic rings. The first-order chi connectivity index (χ1) is 18.1. The molecule has 2 aromatic heterocycles. The van der Waals surface area contributed by atoms with Gasteiger partial charge in [-0.25, -0.2) is 4.68 Å². The average Bonchev–Trinajstić information content (AvgIpc) is 3.71. The fraction of sp³-hybridized carbons (Fsp3) is 0.333. The van der Waals surface area contributed by atoms with Gasteiger partial charge in [-0.3, -0.25) is 9.59 Å². The van der Waals surface area contributed by atoms with Crippen molar-refractivity contribution in [2.75, 3.05) is 20.3 Å².